The number of halogens is 1. The topological polar surface area (TPSA) is 120 Å². The molecule has 0 saturated carbocycles. The smallest absolute Gasteiger partial charge is 0.258 e. The zero-order valence-electron chi connectivity index (χ0n) is 17.1. The highest BCUT2D eigenvalue weighted by atomic mass is 19.1. The predicted molar refractivity (Wildman–Crippen MR) is 111 cm³/mol. The van der Waals surface area contributed by atoms with E-state index in [4.69, 9.17) is 15.2 Å². The number of benzene rings is 2. The van der Waals surface area contributed by atoms with Gasteiger partial charge in [-0.2, -0.15) is 0 Å². The number of nitrogens with zero attached hydrogens (tertiary/aromatic N) is 2. The third-order valence-corrected chi connectivity index (χ3v) is 4.69. The van der Waals surface area contributed by atoms with Crippen LogP contribution in [0.1, 0.15) is 19.4 Å². The van der Waals surface area contributed by atoms with Crippen LogP contribution < -0.4 is 20.5 Å². The minimum atomic E-state index is -0.847. The number of hydrogen-bond donors (Lipinski definition) is 3. The van der Waals surface area contributed by atoms with Crippen molar-refractivity contribution in [2.45, 2.75) is 26.9 Å². The molecule has 1 atom stereocenters. The monoisotopic (exact) mass is 414 g/mol. The molecule has 0 spiro atoms. The van der Waals surface area contributed by atoms with Gasteiger partial charge in [0.1, 0.15) is 23.7 Å². The number of nitrogens with one attached hydrogen (secondary N) is 1. The second kappa shape index (κ2) is 8.40. The summed E-state index contributed by atoms with van der Waals surface area (Å²) in [5.74, 6) is -0.379. The second-order valence-electron chi connectivity index (χ2n) is 7.12. The molecule has 0 bridgehead atoms. The van der Waals surface area contributed by atoms with Gasteiger partial charge in [0, 0.05) is 17.0 Å². The summed E-state index contributed by atoms with van der Waals surface area (Å²) in [6.45, 7) is 5.23. The summed E-state index contributed by atoms with van der Waals surface area (Å²) in [4.78, 5) is 20.2. The first-order chi connectivity index (χ1) is 14.2. The molecule has 0 aliphatic heterocycles. The highest BCUT2D eigenvalue weighted by molar-refractivity contribution is 5.93. The summed E-state index contributed by atoms with van der Waals surface area (Å²) in [5.41, 5.74) is 6.37. The number of hydrogen-bond acceptors (Lipinski definition) is 7. The zero-order chi connectivity index (χ0) is 22.0. The minimum Gasteiger partial charge on any atom is -0.508 e. The van der Waals surface area contributed by atoms with Gasteiger partial charge in [0.2, 0.25) is 0 Å². The number of anilines is 2. The van der Waals surface area contributed by atoms with E-state index >= 15 is 0 Å². The maximum Gasteiger partial charge on any atom is 0.258 e. The quantitative estimate of drug-likeness (QED) is 0.542. The van der Waals surface area contributed by atoms with Crippen molar-refractivity contribution in [3.63, 3.8) is 0 Å². The molecule has 3 aromatic rings. The number of aromatic hydroxyl groups is 1. The van der Waals surface area contributed by atoms with Crippen molar-refractivity contribution in [3.05, 3.63) is 42.0 Å². The lowest BCUT2D eigenvalue weighted by molar-refractivity contribution is -0.126. The zero-order valence-corrected chi connectivity index (χ0v) is 17.1. The molecule has 0 fully saturated rings. The van der Waals surface area contributed by atoms with Crippen LogP contribution in [0.5, 0.6) is 17.2 Å². The molecule has 8 nitrogen and oxygen atoms in total. The molecule has 0 aliphatic rings. The Hall–Kier alpha value is -3.62. The number of methoxy groups -OCH3 is 1. The molecule has 30 heavy (non-hydrogen) atoms. The van der Waals surface area contributed by atoms with E-state index in [1.807, 2.05) is 13.8 Å². The predicted octanol–water partition coefficient (Wildman–Crippen LogP) is 3.42. The molecule has 3 rings (SSSR count). The van der Waals surface area contributed by atoms with Crippen LogP contribution in [-0.2, 0) is 4.79 Å². The highest BCUT2D eigenvalue weighted by Crippen LogP contribution is 2.37. The van der Waals surface area contributed by atoms with Gasteiger partial charge in [-0.05, 0) is 31.0 Å². The molecule has 1 heterocycles. The molecular formula is C21H23FN4O4. The van der Waals surface area contributed by atoms with Crippen LogP contribution in [0, 0.1) is 18.7 Å². The van der Waals surface area contributed by atoms with Gasteiger partial charge >= 0.3 is 0 Å². The first kappa shape index (κ1) is 21.1. The number of rotatable bonds is 7. The normalized spacial score (nSPS) is 12.1. The van der Waals surface area contributed by atoms with E-state index in [9.17, 15) is 14.3 Å². The molecule has 0 saturated heterocycles. The van der Waals surface area contributed by atoms with Crippen LogP contribution in [0.15, 0.2) is 30.6 Å². The van der Waals surface area contributed by atoms with Crippen LogP contribution in [-0.4, -0.2) is 34.2 Å². The number of aromatic nitrogens is 2. The third-order valence-electron chi connectivity index (χ3n) is 4.69. The maximum absolute atomic E-state index is 14.3. The summed E-state index contributed by atoms with van der Waals surface area (Å²) in [6.07, 6.45) is 0.463. The van der Waals surface area contributed by atoms with Gasteiger partial charge < -0.3 is 25.6 Å². The molecular weight excluding hydrogens is 391 g/mol. The number of carbonyl (C=O) groups is 1. The lowest BCUT2D eigenvalue weighted by atomic mass is 10.1. The van der Waals surface area contributed by atoms with Crippen molar-refractivity contribution in [1.29, 1.82) is 0 Å². The van der Waals surface area contributed by atoms with Gasteiger partial charge in [0.15, 0.2) is 17.6 Å². The summed E-state index contributed by atoms with van der Waals surface area (Å²) in [6, 6.07) is 5.67. The van der Waals surface area contributed by atoms with Gasteiger partial charge in [-0.15, -0.1) is 0 Å². The van der Waals surface area contributed by atoms with Gasteiger partial charge in [-0.1, -0.05) is 13.8 Å². The van der Waals surface area contributed by atoms with Crippen LogP contribution in [0.3, 0.4) is 0 Å². The Labute approximate surface area is 172 Å². The minimum absolute atomic E-state index is 0.0447. The maximum atomic E-state index is 14.3. The fraction of sp³-hybridized carbons (Fsp3) is 0.286. The van der Waals surface area contributed by atoms with E-state index in [1.165, 1.54) is 19.5 Å². The lowest BCUT2D eigenvalue weighted by Gasteiger charge is -2.21. The Kier molecular flexibility index (Phi) is 5.91. The number of amides is 1. The molecule has 4 N–H and O–H groups in total. The van der Waals surface area contributed by atoms with Gasteiger partial charge in [-0.25, -0.2) is 14.4 Å². The fourth-order valence-corrected chi connectivity index (χ4v) is 3.01. The summed E-state index contributed by atoms with van der Waals surface area (Å²) >= 11 is 0. The lowest BCUT2D eigenvalue weighted by Crippen LogP contribution is -2.38. The van der Waals surface area contributed by atoms with Crippen LogP contribution in [0.25, 0.3) is 10.9 Å². The molecule has 1 aromatic heterocycles. The number of primary amides is 1. The third kappa shape index (κ3) is 4.05. The van der Waals surface area contributed by atoms with E-state index in [-0.39, 0.29) is 17.4 Å². The Morgan fingerprint density at radius 1 is 1.23 bits per heavy atom. The van der Waals surface area contributed by atoms with Crippen LogP contribution in [0.2, 0.25) is 0 Å². The van der Waals surface area contributed by atoms with Crippen molar-refractivity contribution in [2.24, 2.45) is 11.7 Å². The SMILES string of the molecule is COc1cc2c(Nc3c(F)ccc(O)c3C)ncnc2cc1OC(C(N)=O)C(C)C. The number of ether oxygens (including phenoxy) is 2. The largest absolute Gasteiger partial charge is 0.508 e. The van der Waals surface area contributed by atoms with E-state index in [0.29, 0.717) is 33.8 Å². The Morgan fingerprint density at radius 2 is 1.97 bits per heavy atom. The van der Waals surface area contributed by atoms with E-state index in [2.05, 4.69) is 15.3 Å². The number of nitrogens with two attached hydrogens (primary N) is 1. The molecule has 0 aliphatic carbocycles. The number of phenolic OH excluding ortho intramolecular Hbond substituents is 1. The Bertz CT molecular complexity index is 1100. The average molecular weight is 414 g/mol. The Balaban J connectivity index is 2.08. The average Bonchev–Trinajstić information content (AvgIpc) is 2.71. The fourth-order valence-electron chi connectivity index (χ4n) is 3.01. The van der Waals surface area contributed by atoms with Crippen molar-refractivity contribution >= 4 is 28.3 Å². The molecule has 2 aromatic carbocycles. The number of phenols is 1. The summed E-state index contributed by atoms with van der Waals surface area (Å²) < 4.78 is 25.5. The molecule has 0 radical (unpaired) electrons. The van der Waals surface area contributed by atoms with E-state index < -0.39 is 17.8 Å². The highest BCUT2D eigenvalue weighted by Gasteiger charge is 2.24. The summed E-state index contributed by atoms with van der Waals surface area (Å²) in [7, 11) is 1.46. The van der Waals surface area contributed by atoms with Gasteiger partial charge in [0.25, 0.3) is 5.91 Å². The van der Waals surface area contributed by atoms with E-state index in [1.54, 1.807) is 19.1 Å². The van der Waals surface area contributed by atoms with E-state index in [0.717, 1.165) is 6.07 Å². The molecule has 9 heteroatoms. The molecule has 158 valence electrons. The van der Waals surface area contributed by atoms with Gasteiger partial charge in [0.05, 0.1) is 18.3 Å². The van der Waals surface area contributed by atoms with Gasteiger partial charge in [-0.3, -0.25) is 4.79 Å². The van der Waals surface area contributed by atoms with Crippen molar-refractivity contribution < 1.29 is 23.8 Å². The van der Waals surface area contributed by atoms with Crippen molar-refractivity contribution in [3.8, 4) is 17.2 Å². The van der Waals surface area contributed by atoms with Crippen molar-refractivity contribution in [2.75, 3.05) is 12.4 Å². The standard InChI is InChI=1S/C21H23FN4O4/c1-10(2)19(20(23)28)30-17-8-14-12(7-16(17)29-4)21(25-9-24-14)26-18-11(3)15(27)6-5-13(18)22/h5-10,19,27H,1-4H3,(H2,23,28)(H,24,25,26). The van der Waals surface area contributed by atoms with Crippen LogP contribution in [0.4, 0.5) is 15.9 Å². The number of fused-ring (bicyclic) bond motifs is 1. The summed E-state index contributed by atoms with van der Waals surface area (Å²) in [5, 5.41) is 13.3. The van der Waals surface area contributed by atoms with Crippen molar-refractivity contribution in [1.82, 2.24) is 9.97 Å². The first-order valence-electron chi connectivity index (χ1n) is 9.26. The molecule has 1 unspecified atom stereocenters. The molecule has 1 amide bonds. The Morgan fingerprint density at radius 3 is 2.60 bits per heavy atom. The first-order valence-corrected chi connectivity index (χ1v) is 9.26. The number of carbonyl (C=O) groups excluding carboxylic acids is 1. The van der Waals surface area contributed by atoms with Crippen LogP contribution >= 0.6 is 0 Å². The second-order valence-corrected chi connectivity index (χ2v) is 7.12.